The standard InChI is InChI=1S/C25H29F2N3O4S2/c1-5-6-15(2)30-23(32)21(14-22(31)29-19-13-17(33-3)9-12-20(19)34-4)36-25(30)28-16-7-10-18(11-8-16)35-24(26)27/h7-13,15,21,24H,5-6,14H2,1-4H3,(H,29,31)/t15-,21+/m1/s1. The van der Waals surface area contributed by atoms with Gasteiger partial charge in [-0.05, 0) is 49.7 Å². The van der Waals surface area contributed by atoms with Crippen LogP contribution in [0.4, 0.5) is 20.2 Å². The first-order valence-corrected chi connectivity index (χ1v) is 13.2. The quantitative estimate of drug-likeness (QED) is 0.346. The molecule has 194 valence electrons. The summed E-state index contributed by atoms with van der Waals surface area (Å²) in [6.45, 7) is 3.98. The first kappa shape index (κ1) is 27.8. The number of aliphatic imine (C=N–C) groups is 1. The first-order chi connectivity index (χ1) is 17.2. The van der Waals surface area contributed by atoms with Gasteiger partial charge in [0, 0.05) is 23.4 Å². The minimum Gasteiger partial charge on any atom is -0.497 e. The maximum atomic E-state index is 13.3. The van der Waals surface area contributed by atoms with Crippen LogP contribution in [-0.4, -0.2) is 53.2 Å². The highest BCUT2D eigenvalue weighted by Gasteiger charge is 2.41. The molecule has 0 bridgehead atoms. The molecular formula is C25H29F2N3O4S2. The third kappa shape index (κ3) is 7.13. The molecule has 0 saturated carbocycles. The zero-order valence-electron chi connectivity index (χ0n) is 20.5. The number of nitrogens with one attached hydrogen (secondary N) is 1. The van der Waals surface area contributed by atoms with Crippen molar-refractivity contribution in [1.82, 2.24) is 4.90 Å². The zero-order valence-corrected chi connectivity index (χ0v) is 22.1. The summed E-state index contributed by atoms with van der Waals surface area (Å²) in [5.74, 6) is -1.99. The van der Waals surface area contributed by atoms with Crippen LogP contribution < -0.4 is 14.8 Å². The molecule has 36 heavy (non-hydrogen) atoms. The number of hydrogen-bond acceptors (Lipinski definition) is 7. The molecular weight excluding hydrogens is 508 g/mol. The maximum Gasteiger partial charge on any atom is 0.288 e. The Labute approximate surface area is 218 Å². The second-order valence-electron chi connectivity index (χ2n) is 8.04. The highest BCUT2D eigenvalue weighted by atomic mass is 32.2. The predicted molar refractivity (Wildman–Crippen MR) is 141 cm³/mol. The summed E-state index contributed by atoms with van der Waals surface area (Å²) < 4.78 is 35.8. The summed E-state index contributed by atoms with van der Waals surface area (Å²) in [5, 5.41) is 2.66. The number of alkyl halides is 2. The van der Waals surface area contributed by atoms with Gasteiger partial charge in [-0.15, -0.1) is 0 Å². The smallest absolute Gasteiger partial charge is 0.288 e. The molecule has 1 N–H and O–H groups in total. The number of methoxy groups -OCH3 is 2. The van der Waals surface area contributed by atoms with Crippen LogP contribution in [0.25, 0.3) is 0 Å². The van der Waals surface area contributed by atoms with Crippen molar-refractivity contribution in [3.05, 3.63) is 42.5 Å². The monoisotopic (exact) mass is 537 g/mol. The molecule has 0 spiro atoms. The molecule has 1 fully saturated rings. The number of amides is 2. The largest absolute Gasteiger partial charge is 0.497 e. The SMILES string of the molecule is CCC[C@@H](C)N1C(=O)[C@H](CC(=O)Nc2cc(OC)ccc2OC)SC1=Nc1ccc(SC(F)F)cc1. The number of benzene rings is 2. The van der Waals surface area contributed by atoms with Crippen LogP contribution in [0.2, 0.25) is 0 Å². The average molecular weight is 538 g/mol. The van der Waals surface area contributed by atoms with Gasteiger partial charge in [0.15, 0.2) is 5.17 Å². The molecule has 1 heterocycles. The number of carbonyl (C=O) groups is 2. The Bertz CT molecular complexity index is 1100. The van der Waals surface area contributed by atoms with Crippen molar-refractivity contribution < 1.29 is 27.8 Å². The highest BCUT2D eigenvalue weighted by molar-refractivity contribution is 8.15. The van der Waals surface area contributed by atoms with E-state index < -0.39 is 11.0 Å². The van der Waals surface area contributed by atoms with E-state index in [9.17, 15) is 18.4 Å². The van der Waals surface area contributed by atoms with E-state index in [1.54, 1.807) is 47.4 Å². The number of rotatable bonds is 11. The van der Waals surface area contributed by atoms with Gasteiger partial charge in [-0.25, -0.2) is 4.99 Å². The Morgan fingerprint density at radius 3 is 2.53 bits per heavy atom. The van der Waals surface area contributed by atoms with Gasteiger partial charge in [-0.3, -0.25) is 14.5 Å². The predicted octanol–water partition coefficient (Wildman–Crippen LogP) is 6.17. The van der Waals surface area contributed by atoms with Crippen LogP contribution in [0.5, 0.6) is 11.5 Å². The van der Waals surface area contributed by atoms with Crippen LogP contribution in [0.15, 0.2) is 52.4 Å². The van der Waals surface area contributed by atoms with Crippen molar-refractivity contribution in [1.29, 1.82) is 0 Å². The van der Waals surface area contributed by atoms with E-state index in [-0.39, 0.29) is 24.3 Å². The number of halogens is 2. The van der Waals surface area contributed by atoms with E-state index in [2.05, 4.69) is 10.3 Å². The lowest BCUT2D eigenvalue weighted by atomic mass is 10.1. The van der Waals surface area contributed by atoms with Gasteiger partial charge in [0.25, 0.3) is 5.76 Å². The Kier molecular flexibility index (Phi) is 10.0. The Morgan fingerprint density at radius 2 is 1.92 bits per heavy atom. The van der Waals surface area contributed by atoms with E-state index >= 15 is 0 Å². The summed E-state index contributed by atoms with van der Waals surface area (Å²) in [6.07, 6.45) is 1.60. The topological polar surface area (TPSA) is 80.2 Å². The second kappa shape index (κ2) is 13.0. The van der Waals surface area contributed by atoms with E-state index in [0.717, 1.165) is 12.8 Å². The van der Waals surface area contributed by atoms with Gasteiger partial charge in [-0.2, -0.15) is 8.78 Å². The molecule has 0 aromatic heterocycles. The minimum absolute atomic E-state index is 0.0534. The fourth-order valence-corrected chi connectivity index (χ4v) is 5.48. The Morgan fingerprint density at radius 1 is 1.19 bits per heavy atom. The third-order valence-electron chi connectivity index (χ3n) is 5.45. The lowest BCUT2D eigenvalue weighted by Crippen LogP contribution is -2.40. The van der Waals surface area contributed by atoms with Crippen LogP contribution in [0.1, 0.15) is 33.1 Å². The van der Waals surface area contributed by atoms with Crippen molar-refractivity contribution >= 4 is 51.9 Å². The molecule has 3 rings (SSSR count). The number of thioether (sulfide) groups is 2. The average Bonchev–Trinajstić information content (AvgIpc) is 3.14. The Balaban J connectivity index is 1.79. The molecule has 2 atom stereocenters. The van der Waals surface area contributed by atoms with Crippen molar-refractivity contribution in [2.75, 3.05) is 19.5 Å². The van der Waals surface area contributed by atoms with Crippen LogP contribution in [-0.2, 0) is 9.59 Å². The molecule has 2 aromatic rings. The van der Waals surface area contributed by atoms with Crippen LogP contribution in [0, 0.1) is 0 Å². The minimum atomic E-state index is -2.50. The van der Waals surface area contributed by atoms with Crippen molar-refractivity contribution in [2.45, 2.75) is 55.1 Å². The lowest BCUT2D eigenvalue weighted by molar-refractivity contribution is -0.129. The summed E-state index contributed by atoms with van der Waals surface area (Å²) in [5.41, 5.74) is 0.994. The van der Waals surface area contributed by atoms with Gasteiger partial charge >= 0.3 is 0 Å². The summed E-state index contributed by atoms with van der Waals surface area (Å²) in [4.78, 5) is 32.9. The number of hydrogen-bond donors (Lipinski definition) is 1. The van der Waals surface area contributed by atoms with Gasteiger partial charge in [0.2, 0.25) is 11.8 Å². The van der Waals surface area contributed by atoms with E-state index in [0.29, 0.717) is 44.7 Å². The normalized spacial score (nSPS) is 17.5. The van der Waals surface area contributed by atoms with Gasteiger partial charge < -0.3 is 14.8 Å². The van der Waals surface area contributed by atoms with E-state index in [1.165, 1.54) is 26.0 Å². The van der Waals surface area contributed by atoms with Crippen molar-refractivity contribution in [3.8, 4) is 11.5 Å². The molecule has 1 aliphatic rings. The highest BCUT2D eigenvalue weighted by Crippen LogP contribution is 2.35. The summed E-state index contributed by atoms with van der Waals surface area (Å²) in [6, 6.07) is 11.4. The zero-order chi connectivity index (χ0) is 26.2. The van der Waals surface area contributed by atoms with Crippen molar-refractivity contribution in [3.63, 3.8) is 0 Å². The van der Waals surface area contributed by atoms with Crippen molar-refractivity contribution in [2.24, 2.45) is 4.99 Å². The van der Waals surface area contributed by atoms with Gasteiger partial charge in [-0.1, -0.05) is 36.9 Å². The molecule has 2 aromatic carbocycles. The second-order valence-corrected chi connectivity index (χ2v) is 10.3. The molecule has 2 amide bonds. The number of carbonyl (C=O) groups excluding carboxylic acids is 2. The van der Waals surface area contributed by atoms with E-state index in [1.807, 2.05) is 13.8 Å². The first-order valence-electron chi connectivity index (χ1n) is 11.4. The molecule has 0 aliphatic carbocycles. The molecule has 11 heteroatoms. The fraction of sp³-hybridized carbons (Fsp3) is 0.400. The van der Waals surface area contributed by atoms with Crippen LogP contribution in [0.3, 0.4) is 0 Å². The van der Waals surface area contributed by atoms with Crippen LogP contribution >= 0.6 is 23.5 Å². The number of nitrogens with zero attached hydrogens (tertiary/aromatic N) is 2. The number of ether oxygens (including phenoxy) is 2. The fourth-order valence-electron chi connectivity index (χ4n) is 3.74. The van der Waals surface area contributed by atoms with Gasteiger partial charge in [0.1, 0.15) is 16.7 Å². The summed E-state index contributed by atoms with van der Waals surface area (Å²) in [7, 11) is 3.03. The third-order valence-corrected chi connectivity index (χ3v) is 7.33. The molecule has 7 nitrogen and oxygen atoms in total. The lowest BCUT2D eigenvalue weighted by Gasteiger charge is -2.24. The molecule has 1 saturated heterocycles. The molecule has 0 radical (unpaired) electrons. The molecule has 1 aliphatic heterocycles. The number of anilines is 1. The van der Waals surface area contributed by atoms with Gasteiger partial charge in [0.05, 0.1) is 25.6 Å². The van der Waals surface area contributed by atoms with E-state index in [4.69, 9.17) is 9.47 Å². The number of amidine groups is 1. The molecule has 0 unspecified atom stereocenters. The summed E-state index contributed by atoms with van der Waals surface area (Å²) >= 11 is 1.69. The maximum absolute atomic E-state index is 13.3. The Hall–Kier alpha value is -2.79.